The van der Waals surface area contributed by atoms with Gasteiger partial charge in [-0.25, -0.2) is 0 Å². The summed E-state index contributed by atoms with van der Waals surface area (Å²) in [5.41, 5.74) is 2.50. The van der Waals surface area contributed by atoms with Gasteiger partial charge in [0.2, 0.25) is 0 Å². The molecule has 2 fully saturated rings. The number of nitrogens with zero attached hydrogens (tertiary/aromatic N) is 1. The fraction of sp³-hybridized carbons (Fsp3) is 0.647. The average molecular weight is 309 g/mol. The van der Waals surface area contributed by atoms with Gasteiger partial charge >= 0.3 is 0 Å². The van der Waals surface area contributed by atoms with E-state index in [-0.39, 0.29) is 0 Å². The van der Waals surface area contributed by atoms with Crippen molar-refractivity contribution in [2.24, 2.45) is 5.92 Å². The third kappa shape index (κ3) is 4.12. The smallest absolute Gasteiger partial charge is 0.0471 e. The van der Waals surface area contributed by atoms with Crippen molar-refractivity contribution in [1.82, 2.24) is 5.32 Å². The van der Waals surface area contributed by atoms with E-state index in [1.165, 1.54) is 36.9 Å². The molecule has 1 saturated heterocycles. The number of anilines is 1. The summed E-state index contributed by atoms with van der Waals surface area (Å²) in [7, 11) is 2.18. The number of hydrogen-bond donors (Lipinski definition) is 1. The highest BCUT2D eigenvalue weighted by molar-refractivity contribution is 6.31. The van der Waals surface area contributed by atoms with Gasteiger partial charge in [-0.2, -0.15) is 0 Å². The Morgan fingerprint density at radius 1 is 1.24 bits per heavy atom. The molecule has 3 rings (SSSR count). The molecule has 1 N–H and O–H groups in total. The lowest BCUT2D eigenvalue weighted by Crippen LogP contribution is -2.30. The predicted molar refractivity (Wildman–Crippen MR) is 88.1 cm³/mol. The molecule has 1 aromatic rings. The van der Waals surface area contributed by atoms with Gasteiger partial charge in [0.1, 0.15) is 0 Å². The van der Waals surface area contributed by atoms with E-state index < -0.39 is 0 Å². The van der Waals surface area contributed by atoms with Crippen LogP contribution in [0.25, 0.3) is 0 Å². The molecule has 2 aliphatic rings. The van der Waals surface area contributed by atoms with Crippen molar-refractivity contribution in [3.63, 3.8) is 0 Å². The van der Waals surface area contributed by atoms with Crippen LogP contribution in [0.3, 0.4) is 0 Å². The van der Waals surface area contributed by atoms with Crippen molar-refractivity contribution in [2.75, 3.05) is 31.7 Å². The molecule has 1 aliphatic carbocycles. The van der Waals surface area contributed by atoms with Crippen molar-refractivity contribution in [1.29, 1.82) is 0 Å². The molecule has 0 aromatic heterocycles. The summed E-state index contributed by atoms with van der Waals surface area (Å²) in [5, 5.41) is 4.46. The van der Waals surface area contributed by atoms with Crippen LogP contribution >= 0.6 is 11.6 Å². The molecule has 21 heavy (non-hydrogen) atoms. The lowest BCUT2D eigenvalue weighted by Gasteiger charge is -2.30. The van der Waals surface area contributed by atoms with E-state index in [0.29, 0.717) is 6.04 Å². The van der Waals surface area contributed by atoms with E-state index in [4.69, 9.17) is 16.3 Å². The maximum absolute atomic E-state index is 6.43. The van der Waals surface area contributed by atoms with Crippen LogP contribution in [-0.4, -0.2) is 32.8 Å². The van der Waals surface area contributed by atoms with Gasteiger partial charge in [0, 0.05) is 55.7 Å². The highest BCUT2D eigenvalue weighted by Gasteiger charge is 2.22. The Hall–Kier alpha value is -0.770. The van der Waals surface area contributed by atoms with Gasteiger partial charge in [0.25, 0.3) is 0 Å². The maximum Gasteiger partial charge on any atom is 0.0471 e. The zero-order valence-corrected chi connectivity index (χ0v) is 13.5. The first-order valence-electron chi connectivity index (χ1n) is 8.03. The normalized spacial score (nSPS) is 19.7. The van der Waals surface area contributed by atoms with Crippen LogP contribution in [0.2, 0.25) is 5.02 Å². The summed E-state index contributed by atoms with van der Waals surface area (Å²) in [6.07, 6.45) is 4.94. The zero-order valence-electron chi connectivity index (χ0n) is 12.8. The van der Waals surface area contributed by atoms with Gasteiger partial charge in [0.05, 0.1) is 0 Å². The van der Waals surface area contributed by atoms with E-state index in [2.05, 4.69) is 29.4 Å². The molecule has 1 aliphatic heterocycles. The van der Waals surface area contributed by atoms with E-state index in [1.807, 2.05) is 6.07 Å². The largest absolute Gasteiger partial charge is 0.381 e. The Labute approximate surface area is 132 Å². The topological polar surface area (TPSA) is 24.5 Å². The van der Waals surface area contributed by atoms with Gasteiger partial charge in [0.15, 0.2) is 0 Å². The first-order chi connectivity index (χ1) is 10.2. The predicted octanol–water partition coefficient (Wildman–Crippen LogP) is 3.45. The molecule has 1 heterocycles. The quantitative estimate of drug-likeness (QED) is 0.871. The second-order valence-electron chi connectivity index (χ2n) is 6.33. The number of hydrogen-bond acceptors (Lipinski definition) is 3. The Balaban J connectivity index is 1.67. The third-order valence-corrected chi connectivity index (χ3v) is 4.88. The molecular formula is C17H25ClN2O. The summed E-state index contributed by atoms with van der Waals surface area (Å²) >= 11 is 6.43. The fourth-order valence-corrected chi connectivity index (χ4v) is 3.26. The lowest BCUT2D eigenvalue weighted by atomic mass is 9.99. The van der Waals surface area contributed by atoms with Crippen LogP contribution in [-0.2, 0) is 11.3 Å². The summed E-state index contributed by atoms with van der Waals surface area (Å²) in [5.74, 6) is 0.729. The number of halogens is 1. The number of benzene rings is 1. The van der Waals surface area contributed by atoms with Gasteiger partial charge < -0.3 is 15.0 Å². The SMILES string of the molecule is CN(CC1CCOCC1)c1cccc(Cl)c1CNC1CC1. The average Bonchev–Trinajstić information content (AvgIpc) is 3.31. The van der Waals surface area contributed by atoms with Crippen LogP contribution in [0.15, 0.2) is 18.2 Å². The summed E-state index contributed by atoms with van der Waals surface area (Å²) in [6.45, 7) is 3.77. The van der Waals surface area contributed by atoms with Crippen molar-refractivity contribution in [2.45, 2.75) is 38.3 Å². The first-order valence-corrected chi connectivity index (χ1v) is 8.41. The van der Waals surface area contributed by atoms with Gasteiger partial charge in [-0.3, -0.25) is 0 Å². The summed E-state index contributed by atoms with van der Waals surface area (Å²) in [6, 6.07) is 6.94. The minimum absolute atomic E-state index is 0.704. The molecule has 0 spiro atoms. The first kappa shape index (κ1) is 15.1. The second kappa shape index (κ2) is 6.99. The Morgan fingerprint density at radius 2 is 2.00 bits per heavy atom. The Kier molecular flexibility index (Phi) is 5.04. The summed E-state index contributed by atoms with van der Waals surface area (Å²) < 4.78 is 5.45. The lowest BCUT2D eigenvalue weighted by molar-refractivity contribution is 0.0685. The van der Waals surface area contributed by atoms with Crippen molar-refractivity contribution in [3.8, 4) is 0 Å². The second-order valence-corrected chi connectivity index (χ2v) is 6.74. The van der Waals surface area contributed by atoms with Crippen molar-refractivity contribution < 1.29 is 4.74 Å². The van der Waals surface area contributed by atoms with E-state index in [1.54, 1.807) is 0 Å². The highest BCUT2D eigenvalue weighted by atomic mass is 35.5. The van der Waals surface area contributed by atoms with Crippen LogP contribution in [0.5, 0.6) is 0 Å². The molecule has 0 amide bonds. The molecule has 116 valence electrons. The highest BCUT2D eigenvalue weighted by Crippen LogP contribution is 2.30. The molecule has 0 bridgehead atoms. The van der Waals surface area contributed by atoms with Crippen molar-refractivity contribution >= 4 is 17.3 Å². The van der Waals surface area contributed by atoms with Gasteiger partial charge in [-0.05, 0) is 43.7 Å². The van der Waals surface area contributed by atoms with E-state index in [0.717, 1.165) is 37.2 Å². The van der Waals surface area contributed by atoms with Crippen LogP contribution in [0.1, 0.15) is 31.2 Å². The molecular weight excluding hydrogens is 284 g/mol. The molecule has 0 radical (unpaired) electrons. The zero-order chi connectivity index (χ0) is 14.7. The third-order valence-electron chi connectivity index (χ3n) is 4.52. The Bertz CT molecular complexity index is 470. The minimum atomic E-state index is 0.704. The van der Waals surface area contributed by atoms with E-state index in [9.17, 15) is 0 Å². The Morgan fingerprint density at radius 3 is 2.71 bits per heavy atom. The molecule has 0 atom stereocenters. The van der Waals surface area contributed by atoms with Gasteiger partial charge in [-0.1, -0.05) is 17.7 Å². The number of ether oxygens (including phenoxy) is 1. The monoisotopic (exact) mass is 308 g/mol. The molecule has 0 unspecified atom stereocenters. The minimum Gasteiger partial charge on any atom is -0.381 e. The maximum atomic E-state index is 6.43. The molecule has 3 nitrogen and oxygen atoms in total. The molecule has 1 saturated carbocycles. The standard InChI is InChI=1S/C17H25ClN2O/c1-20(12-13-7-9-21-10-8-13)17-4-2-3-16(18)15(17)11-19-14-5-6-14/h2-4,13-14,19H,5-12H2,1H3. The van der Waals surface area contributed by atoms with Gasteiger partial charge in [-0.15, -0.1) is 0 Å². The van der Waals surface area contributed by atoms with Crippen LogP contribution < -0.4 is 10.2 Å². The number of rotatable bonds is 6. The van der Waals surface area contributed by atoms with E-state index >= 15 is 0 Å². The van der Waals surface area contributed by atoms with Crippen LogP contribution in [0, 0.1) is 5.92 Å². The van der Waals surface area contributed by atoms with Crippen molar-refractivity contribution in [3.05, 3.63) is 28.8 Å². The molecule has 4 heteroatoms. The molecule has 1 aromatic carbocycles. The van der Waals surface area contributed by atoms with Crippen LogP contribution in [0.4, 0.5) is 5.69 Å². The number of nitrogens with one attached hydrogen (secondary N) is 1. The summed E-state index contributed by atoms with van der Waals surface area (Å²) in [4.78, 5) is 2.37. The fourth-order valence-electron chi connectivity index (χ4n) is 3.03.